The van der Waals surface area contributed by atoms with E-state index in [2.05, 4.69) is 26.0 Å². The van der Waals surface area contributed by atoms with Crippen molar-refractivity contribution >= 4 is 15.9 Å². The molecule has 0 unspecified atom stereocenters. The highest BCUT2D eigenvalue weighted by molar-refractivity contribution is 9.10. The lowest BCUT2D eigenvalue weighted by Gasteiger charge is -2.02. The molecule has 5 heteroatoms. The van der Waals surface area contributed by atoms with Crippen LogP contribution in [-0.4, -0.2) is 14.8 Å². The molecule has 0 saturated heterocycles. The SMILES string of the molecule is Cc1nc(CN)nn1-c1cccc(Br)c1. The third-order valence-electron chi connectivity index (χ3n) is 2.05. The molecule has 2 aromatic rings. The van der Waals surface area contributed by atoms with Crippen molar-refractivity contribution in [1.82, 2.24) is 14.8 Å². The van der Waals surface area contributed by atoms with Gasteiger partial charge in [0.15, 0.2) is 5.82 Å². The van der Waals surface area contributed by atoms with E-state index in [9.17, 15) is 0 Å². The molecule has 0 aliphatic heterocycles. The van der Waals surface area contributed by atoms with Crippen LogP contribution >= 0.6 is 15.9 Å². The van der Waals surface area contributed by atoms with Crippen LogP contribution in [0.1, 0.15) is 11.6 Å². The molecule has 0 bridgehead atoms. The zero-order chi connectivity index (χ0) is 10.8. The molecule has 1 heterocycles. The summed E-state index contributed by atoms with van der Waals surface area (Å²) in [5.74, 6) is 1.50. The van der Waals surface area contributed by atoms with Crippen molar-refractivity contribution in [3.8, 4) is 5.69 Å². The molecule has 1 aromatic carbocycles. The average Bonchev–Trinajstić information content (AvgIpc) is 2.60. The first kappa shape index (κ1) is 10.3. The molecule has 0 aliphatic carbocycles. The van der Waals surface area contributed by atoms with Gasteiger partial charge in [-0.3, -0.25) is 0 Å². The van der Waals surface area contributed by atoms with Crippen molar-refractivity contribution in [3.63, 3.8) is 0 Å². The van der Waals surface area contributed by atoms with Crippen LogP contribution in [0.3, 0.4) is 0 Å². The molecule has 0 saturated carbocycles. The van der Waals surface area contributed by atoms with Crippen LogP contribution < -0.4 is 5.73 Å². The number of rotatable bonds is 2. The van der Waals surface area contributed by atoms with Gasteiger partial charge in [0.25, 0.3) is 0 Å². The van der Waals surface area contributed by atoms with Crippen LogP contribution in [0.5, 0.6) is 0 Å². The Bertz CT molecular complexity index is 478. The summed E-state index contributed by atoms with van der Waals surface area (Å²) >= 11 is 3.42. The summed E-state index contributed by atoms with van der Waals surface area (Å²) < 4.78 is 2.80. The number of nitrogens with two attached hydrogens (primary N) is 1. The van der Waals surface area contributed by atoms with Crippen LogP contribution in [0.4, 0.5) is 0 Å². The van der Waals surface area contributed by atoms with Gasteiger partial charge in [0, 0.05) is 4.47 Å². The first-order valence-corrected chi connectivity index (χ1v) is 5.38. The van der Waals surface area contributed by atoms with E-state index in [1.165, 1.54) is 0 Å². The van der Waals surface area contributed by atoms with E-state index < -0.39 is 0 Å². The zero-order valence-electron chi connectivity index (χ0n) is 8.31. The van der Waals surface area contributed by atoms with E-state index in [0.717, 1.165) is 16.0 Å². The number of aryl methyl sites for hydroxylation is 1. The minimum absolute atomic E-state index is 0.363. The van der Waals surface area contributed by atoms with Gasteiger partial charge in [0.05, 0.1) is 12.2 Å². The third-order valence-corrected chi connectivity index (χ3v) is 2.54. The number of hydrogen-bond acceptors (Lipinski definition) is 3. The molecule has 4 nitrogen and oxygen atoms in total. The molecule has 1 aromatic heterocycles. The molecule has 0 spiro atoms. The van der Waals surface area contributed by atoms with Crippen molar-refractivity contribution in [1.29, 1.82) is 0 Å². The topological polar surface area (TPSA) is 56.7 Å². The lowest BCUT2D eigenvalue weighted by molar-refractivity contribution is 0.812. The summed E-state index contributed by atoms with van der Waals surface area (Å²) in [6, 6.07) is 7.90. The van der Waals surface area contributed by atoms with Crippen molar-refractivity contribution in [2.24, 2.45) is 5.73 Å². The van der Waals surface area contributed by atoms with Gasteiger partial charge in [0.1, 0.15) is 5.82 Å². The Morgan fingerprint density at radius 2 is 2.27 bits per heavy atom. The highest BCUT2D eigenvalue weighted by atomic mass is 79.9. The number of halogens is 1. The number of hydrogen-bond donors (Lipinski definition) is 1. The highest BCUT2D eigenvalue weighted by Crippen LogP contribution is 2.15. The molecule has 0 radical (unpaired) electrons. The standard InChI is InChI=1S/C10H11BrN4/c1-7-13-10(6-12)14-15(7)9-4-2-3-8(11)5-9/h2-5H,6,12H2,1H3. The van der Waals surface area contributed by atoms with Gasteiger partial charge in [-0.25, -0.2) is 9.67 Å². The van der Waals surface area contributed by atoms with Crippen molar-refractivity contribution in [3.05, 3.63) is 40.4 Å². The van der Waals surface area contributed by atoms with E-state index in [0.29, 0.717) is 12.4 Å². The summed E-state index contributed by atoms with van der Waals surface area (Å²) in [7, 11) is 0. The fourth-order valence-corrected chi connectivity index (χ4v) is 1.77. The molecule has 15 heavy (non-hydrogen) atoms. The Morgan fingerprint density at radius 1 is 1.47 bits per heavy atom. The monoisotopic (exact) mass is 266 g/mol. The molecular weight excluding hydrogens is 256 g/mol. The quantitative estimate of drug-likeness (QED) is 0.902. The van der Waals surface area contributed by atoms with E-state index >= 15 is 0 Å². The summed E-state index contributed by atoms with van der Waals surface area (Å²) in [4.78, 5) is 4.25. The van der Waals surface area contributed by atoms with Crippen LogP contribution in [0.25, 0.3) is 5.69 Å². The van der Waals surface area contributed by atoms with E-state index in [1.54, 1.807) is 4.68 Å². The lowest BCUT2D eigenvalue weighted by Crippen LogP contribution is -2.01. The Hall–Kier alpha value is -1.20. The maximum absolute atomic E-state index is 5.49. The van der Waals surface area contributed by atoms with Gasteiger partial charge in [-0.05, 0) is 25.1 Å². The molecule has 0 aliphatic rings. The summed E-state index contributed by atoms with van der Waals surface area (Å²) in [6.45, 7) is 2.27. The minimum Gasteiger partial charge on any atom is -0.324 e. The second kappa shape index (κ2) is 4.12. The van der Waals surface area contributed by atoms with Gasteiger partial charge >= 0.3 is 0 Å². The van der Waals surface area contributed by atoms with Crippen LogP contribution in [0.15, 0.2) is 28.7 Å². The van der Waals surface area contributed by atoms with Crippen LogP contribution in [0.2, 0.25) is 0 Å². The average molecular weight is 267 g/mol. The molecule has 2 N–H and O–H groups in total. The molecule has 0 amide bonds. The van der Waals surface area contributed by atoms with Gasteiger partial charge in [0.2, 0.25) is 0 Å². The van der Waals surface area contributed by atoms with Crippen LogP contribution in [0, 0.1) is 6.92 Å². The predicted molar refractivity (Wildman–Crippen MR) is 61.7 cm³/mol. The molecule has 2 rings (SSSR count). The first-order chi connectivity index (χ1) is 7.20. The van der Waals surface area contributed by atoms with Gasteiger partial charge in [-0.1, -0.05) is 22.0 Å². The predicted octanol–water partition coefficient (Wildman–Crippen LogP) is 1.80. The van der Waals surface area contributed by atoms with E-state index in [-0.39, 0.29) is 0 Å². The van der Waals surface area contributed by atoms with Crippen molar-refractivity contribution in [2.75, 3.05) is 0 Å². The maximum Gasteiger partial charge on any atom is 0.164 e. The van der Waals surface area contributed by atoms with Gasteiger partial charge < -0.3 is 5.73 Å². The molecule has 0 fully saturated rings. The Labute approximate surface area is 96.3 Å². The smallest absolute Gasteiger partial charge is 0.164 e. The van der Waals surface area contributed by atoms with Crippen molar-refractivity contribution < 1.29 is 0 Å². The molecule has 78 valence electrons. The van der Waals surface area contributed by atoms with Gasteiger partial charge in [-0.2, -0.15) is 0 Å². The summed E-state index contributed by atoms with van der Waals surface area (Å²) in [5.41, 5.74) is 6.47. The first-order valence-electron chi connectivity index (χ1n) is 4.59. The fraction of sp³-hybridized carbons (Fsp3) is 0.200. The number of benzene rings is 1. The highest BCUT2D eigenvalue weighted by Gasteiger charge is 2.06. The Morgan fingerprint density at radius 3 is 2.87 bits per heavy atom. The maximum atomic E-state index is 5.49. The Kier molecular flexibility index (Phi) is 2.83. The number of nitrogens with zero attached hydrogens (tertiary/aromatic N) is 3. The fourth-order valence-electron chi connectivity index (χ4n) is 1.38. The second-order valence-corrected chi connectivity index (χ2v) is 4.09. The Balaban J connectivity index is 2.48. The minimum atomic E-state index is 0.363. The summed E-state index contributed by atoms with van der Waals surface area (Å²) in [5, 5.41) is 4.30. The largest absolute Gasteiger partial charge is 0.324 e. The van der Waals surface area contributed by atoms with E-state index in [4.69, 9.17) is 5.73 Å². The van der Waals surface area contributed by atoms with Gasteiger partial charge in [-0.15, -0.1) is 5.10 Å². The van der Waals surface area contributed by atoms with E-state index in [1.807, 2.05) is 31.2 Å². The number of aromatic nitrogens is 3. The normalized spacial score (nSPS) is 10.6. The lowest BCUT2D eigenvalue weighted by atomic mass is 10.3. The van der Waals surface area contributed by atoms with Crippen LogP contribution in [-0.2, 0) is 6.54 Å². The molecular formula is C10H11BrN4. The second-order valence-electron chi connectivity index (χ2n) is 3.17. The zero-order valence-corrected chi connectivity index (χ0v) is 9.90. The molecule has 0 atom stereocenters. The van der Waals surface area contributed by atoms with Crippen molar-refractivity contribution in [2.45, 2.75) is 13.5 Å². The summed E-state index contributed by atoms with van der Waals surface area (Å²) in [6.07, 6.45) is 0. The third kappa shape index (κ3) is 2.08.